The smallest absolute Gasteiger partial charge is 0.255 e. The Hall–Kier alpha value is -3.57. The SMILES string of the molecule is COC[C@@H](NC(=O)c1c[nH]c2ncc(-c3nn(C)c4cc(Cl)ccc34)nc12)C(=O)N1CC(F)C1. The summed E-state index contributed by atoms with van der Waals surface area (Å²) in [5.41, 5.74) is 2.87. The van der Waals surface area contributed by atoms with Gasteiger partial charge in [-0.15, -0.1) is 0 Å². The molecule has 3 aromatic heterocycles. The Bertz CT molecular complexity index is 1410. The third kappa shape index (κ3) is 3.86. The van der Waals surface area contributed by atoms with Gasteiger partial charge in [-0.1, -0.05) is 11.6 Å². The van der Waals surface area contributed by atoms with Crippen LogP contribution in [0, 0.1) is 0 Å². The first-order valence-electron chi connectivity index (χ1n) is 10.5. The van der Waals surface area contributed by atoms with Crippen molar-refractivity contribution >= 4 is 45.5 Å². The molecular weight excluding hydrogens is 465 g/mol. The number of aryl methyl sites for hydroxylation is 1. The Kier molecular flexibility index (Phi) is 5.66. The molecule has 176 valence electrons. The van der Waals surface area contributed by atoms with Crippen LogP contribution in [0.4, 0.5) is 4.39 Å². The summed E-state index contributed by atoms with van der Waals surface area (Å²) >= 11 is 6.12. The number of H-pyrrole nitrogens is 1. The number of ether oxygens (including phenoxy) is 1. The summed E-state index contributed by atoms with van der Waals surface area (Å²) in [6, 6.07) is 4.49. The fourth-order valence-electron chi connectivity index (χ4n) is 4.00. The minimum absolute atomic E-state index is 0.0140. The number of likely N-dealkylation sites (tertiary alicyclic amines) is 1. The van der Waals surface area contributed by atoms with Crippen molar-refractivity contribution < 1.29 is 18.7 Å². The van der Waals surface area contributed by atoms with Crippen molar-refractivity contribution in [2.75, 3.05) is 26.8 Å². The average Bonchev–Trinajstić information content (AvgIpc) is 3.36. The second-order valence-electron chi connectivity index (χ2n) is 8.11. The van der Waals surface area contributed by atoms with E-state index in [-0.39, 0.29) is 25.3 Å². The van der Waals surface area contributed by atoms with Crippen LogP contribution in [0.5, 0.6) is 0 Å². The summed E-state index contributed by atoms with van der Waals surface area (Å²) in [4.78, 5) is 39.0. The van der Waals surface area contributed by atoms with E-state index in [2.05, 4.69) is 25.4 Å². The first-order valence-corrected chi connectivity index (χ1v) is 10.9. The van der Waals surface area contributed by atoms with Gasteiger partial charge in [0.2, 0.25) is 5.91 Å². The topological polar surface area (TPSA) is 118 Å². The zero-order chi connectivity index (χ0) is 24.0. The van der Waals surface area contributed by atoms with Gasteiger partial charge in [0.15, 0.2) is 5.65 Å². The Morgan fingerprint density at radius 1 is 1.38 bits per heavy atom. The van der Waals surface area contributed by atoms with E-state index < -0.39 is 24.0 Å². The van der Waals surface area contributed by atoms with Gasteiger partial charge >= 0.3 is 0 Å². The third-order valence-corrected chi connectivity index (χ3v) is 6.00. The molecule has 1 aromatic carbocycles. The fraction of sp³-hybridized carbons (Fsp3) is 0.318. The summed E-state index contributed by atoms with van der Waals surface area (Å²) in [7, 11) is 3.23. The molecule has 1 saturated heterocycles. The quantitative estimate of drug-likeness (QED) is 0.432. The summed E-state index contributed by atoms with van der Waals surface area (Å²) in [5.74, 6) is -0.919. The molecule has 34 heavy (non-hydrogen) atoms. The van der Waals surface area contributed by atoms with Crippen molar-refractivity contribution in [2.24, 2.45) is 7.05 Å². The van der Waals surface area contributed by atoms with Crippen LogP contribution in [0.2, 0.25) is 5.02 Å². The summed E-state index contributed by atoms with van der Waals surface area (Å²) in [6.07, 6.45) is 2.02. The van der Waals surface area contributed by atoms with Crippen LogP contribution in [0.15, 0.2) is 30.6 Å². The van der Waals surface area contributed by atoms with Gasteiger partial charge in [-0.25, -0.2) is 14.4 Å². The number of methoxy groups -OCH3 is 1. The molecule has 4 aromatic rings. The molecule has 1 aliphatic heterocycles. The molecule has 2 N–H and O–H groups in total. The number of aromatic amines is 1. The highest BCUT2D eigenvalue weighted by atomic mass is 35.5. The molecule has 1 aliphatic rings. The number of halogens is 2. The van der Waals surface area contributed by atoms with Crippen molar-refractivity contribution in [3.05, 3.63) is 41.2 Å². The molecule has 12 heteroatoms. The number of amides is 2. The van der Waals surface area contributed by atoms with Crippen LogP contribution < -0.4 is 5.32 Å². The normalized spacial score (nSPS) is 15.0. The molecule has 0 saturated carbocycles. The fourth-order valence-corrected chi connectivity index (χ4v) is 4.17. The molecule has 0 unspecified atom stereocenters. The number of carbonyl (C=O) groups excluding carboxylic acids is 2. The van der Waals surface area contributed by atoms with Crippen molar-refractivity contribution in [1.29, 1.82) is 0 Å². The molecule has 5 rings (SSSR count). The standard InChI is InChI=1S/C22H21ClFN7O3/c1-30-17-5-11(23)3-4-13(17)18(29-30)15-7-26-20-19(27-15)14(6-25-20)21(32)28-16(10-34-2)22(33)31-8-12(24)9-31/h3-7,12,16H,8-10H2,1-2H3,(H,25,26)(H,28,32)/t16-/m1/s1. The summed E-state index contributed by atoms with van der Waals surface area (Å²) in [6.45, 7) is -0.0139. The summed E-state index contributed by atoms with van der Waals surface area (Å²) in [5, 5.41) is 8.66. The Balaban J connectivity index is 1.46. The van der Waals surface area contributed by atoms with Crippen LogP contribution in [0.25, 0.3) is 33.5 Å². The molecule has 4 heterocycles. The number of benzene rings is 1. The van der Waals surface area contributed by atoms with E-state index in [1.807, 2.05) is 12.1 Å². The number of nitrogens with zero attached hydrogens (tertiary/aromatic N) is 5. The van der Waals surface area contributed by atoms with Crippen molar-refractivity contribution in [2.45, 2.75) is 12.2 Å². The Morgan fingerprint density at radius 3 is 2.91 bits per heavy atom. The van der Waals surface area contributed by atoms with E-state index in [4.69, 9.17) is 16.3 Å². The summed E-state index contributed by atoms with van der Waals surface area (Å²) < 4.78 is 20.0. The number of fused-ring (bicyclic) bond motifs is 2. The van der Waals surface area contributed by atoms with Crippen LogP contribution in [0.3, 0.4) is 0 Å². The largest absolute Gasteiger partial charge is 0.382 e. The van der Waals surface area contributed by atoms with E-state index in [1.54, 1.807) is 24.0 Å². The molecule has 2 amide bonds. The molecule has 0 aliphatic carbocycles. The second-order valence-corrected chi connectivity index (χ2v) is 8.55. The molecule has 0 spiro atoms. The number of carbonyl (C=O) groups is 2. The Morgan fingerprint density at radius 2 is 2.18 bits per heavy atom. The van der Waals surface area contributed by atoms with Crippen LogP contribution in [0.1, 0.15) is 10.4 Å². The maximum atomic E-state index is 13.2. The zero-order valence-corrected chi connectivity index (χ0v) is 19.1. The number of aromatic nitrogens is 5. The monoisotopic (exact) mass is 485 g/mol. The van der Waals surface area contributed by atoms with Crippen molar-refractivity contribution in [3.8, 4) is 11.4 Å². The maximum Gasteiger partial charge on any atom is 0.255 e. The minimum atomic E-state index is -1.04. The number of rotatable bonds is 6. The van der Waals surface area contributed by atoms with Crippen LogP contribution >= 0.6 is 11.6 Å². The average molecular weight is 486 g/mol. The minimum Gasteiger partial charge on any atom is -0.382 e. The van der Waals surface area contributed by atoms with Gasteiger partial charge in [-0.2, -0.15) is 5.10 Å². The first kappa shape index (κ1) is 22.2. The second kappa shape index (κ2) is 8.65. The maximum absolute atomic E-state index is 13.2. The first-order chi connectivity index (χ1) is 16.4. The van der Waals surface area contributed by atoms with Crippen molar-refractivity contribution in [1.82, 2.24) is 34.9 Å². The van der Waals surface area contributed by atoms with Gasteiger partial charge in [0.25, 0.3) is 5.91 Å². The lowest BCUT2D eigenvalue weighted by Crippen LogP contribution is -2.59. The van der Waals surface area contributed by atoms with E-state index in [1.165, 1.54) is 18.2 Å². The van der Waals surface area contributed by atoms with Gasteiger partial charge < -0.3 is 19.9 Å². The number of nitrogens with one attached hydrogen (secondary N) is 2. The van der Waals surface area contributed by atoms with Crippen LogP contribution in [-0.4, -0.2) is 80.5 Å². The van der Waals surface area contributed by atoms with E-state index >= 15 is 0 Å². The zero-order valence-electron chi connectivity index (χ0n) is 18.4. The predicted octanol–water partition coefficient (Wildman–Crippen LogP) is 2.09. The van der Waals surface area contributed by atoms with Crippen molar-refractivity contribution in [3.63, 3.8) is 0 Å². The number of hydrogen-bond donors (Lipinski definition) is 2. The highest BCUT2D eigenvalue weighted by Gasteiger charge is 2.35. The van der Waals surface area contributed by atoms with Gasteiger partial charge in [0, 0.05) is 30.8 Å². The lowest BCUT2D eigenvalue weighted by molar-refractivity contribution is -0.141. The molecule has 1 fully saturated rings. The van der Waals surface area contributed by atoms with E-state index in [0.717, 1.165) is 10.9 Å². The van der Waals surface area contributed by atoms with Gasteiger partial charge in [0.1, 0.15) is 29.1 Å². The van der Waals surface area contributed by atoms with Crippen LogP contribution in [-0.2, 0) is 16.6 Å². The van der Waals surface area contributed by atoms with E-state index in [9.17, 15) is 14.0 Å². The molecule has 0 bridgehead atoms. The number of hydrogen-bond acceptors (Lipinski definition) is 6. The lowest BCUT2D eigenvalue weighted by atomic mass is 10.1. The third-order valence-electron chi connectivity index (χ3n) is 5.77. The molecule has 1 atom stereocenters. The molecular formula is C22H21ClFN7O3. The van der Waals surface area contributed by atoms with E-state index in [0.29, 0.717) is 27.6 Å². The van der Waals surface area contributed by atoms with Gasteiger partial charge in [-0.3, -0.25) is 14.3 Å². The molecule has 0 radical (unpaired) electrons. The van der Waals surface area contributed by atoms with Gasteiger partial charge in [0.05, 0.1) is 37.0 Å². The number of alkyl halides is 1. The molecule has 10 nitrogen and oxygen atoms in total. The predicted molar refractivity (Wildman–Crippen MR) is 123 cm³/mol. The van der Waals surface area contributed by atoms with Gasteiger partial charge in [-0.05, 0) is 18.2 Å². The highest BCUT2D eigenvalue weighted by molar-refractivity contribution is 6.31. The lowest BCUT2D eigenvalue weighted by Gasteiger charge is -2.36. The highest BCUT2D eigenvalue weighted by Crippen LogP contribution is 2.29. The Labute approximate surface area is 198 Å².